The molecule has 0 saturated carbocycles. The molecule has 1 aliphatic heterocycles. The van der Waals surface area contributed by atoms with Gasteiger partial charge in [-0.05, 0) is 133 Å². The van der Waals surface area contributed by atoms with Crippen LogP contribution in [-0.4, -0.2) is 15.0 Å². The SMILES string of the molecule is c1ccc(N2c3cccc(c3)N(c3ccccc3)c3cccc(c3)N(c3ccccc3)c3ncnc(n3)N(c3ccccc3)c3cccc(c3)N(c3ccccc3)c3cccc2c3)cc1. The standard InChI is InChI=1S/C57H42N8/c1-6-20-43(21-7-1)61-48-30-16-32-50(38-48)62(44-22-8-2-9-23-44)52-34-18-36-54(40-52)64(46-26-12-4-13-27-46)56-58-42-59-57(60-56)65(47-28-14-5-15-29-47)55-37-19-35-53(41-55)63(45-24-10-3-11-25-45)51-33-17-31-49(61)39-51/h1-42H. The minimum absolute atomic E-state index is 0.472. The summed E-state index contributed by atoms with van der Waals surface area (Å²) < 4.78 is 0. The van der Waals surface area contributed by atoms with Crippen LogP contribution < -0.4 is 24.5 Å². The Hall–Kier alpha value is -9.01. The monoisotopic (exact) mass is 838 g/mol. The molecule has 0 fully saturated rings. The second-order valence-corrected chi connectivity index (χ2v) is 15.5. The third-order valence-electron chi connectivity index (χ3n) is 11.4. The molecule has 0 spiro atoms. The fraction of sp³-hybridized carbons (Fsp3) is 0. The number of fused-ring (bicyclic) bond motifs is 10. The highest BCUT2D eigenvalue weighted by molar-refractivity contribution is 5.88. The maximum absolute atomic E-state index is 5.31. The van der Waals surface area contributed by atoms with Crippen LogP contribution in [0.2, 0.25) is 0 Å². The average molecular weight is 839 g/mol. The van der Waals surface area contributed by atoms with Gasteiger partial charge in [0.1, 0.15) is 6.33 Å². The molecule has 1 aromatic heterocycles. The summed E-state index contributed by atoms with van der Waals surface area (Å²) in [5.41, 5.74) is 12.6. The van der Waals surface area contributed by atoms with Crippen molar-refractivity contribution in [2.75, 3.05) is 24.5 Å². The molecule has 1 aliphatic rings. The Labute approximate surface area is 378 Å². The largest absolute Gasteiger partial charge is 0.310 e. The third kappa shape index (κ3) is 7.77. The summed E-state index contributed by atoms with van der Waals surface area (Å²) in [5, 5.41) is 0. The Kier molecular flexibility index (Phi) is 10.4. The van der Waals surface area contributed by atoms with Crippen molar-refractivity contribution in [3.8, 4) is 0 Å². The van der Waals surface area contributed by atoms with E-state index in [4.69, 9.17) is 15.0 Å². The zero-order chi connectivity index (χ0) is 43.4. The molecule has 8 heteroatoms. The van der Waals surface area contributed by atoms with E-state index in [1.165, 1.54) is 0 Å². The third-order valence-corrected chi connectivity index (χ3v) is 11.4. The molecule has 0 saturated heterocycles. The van der Waals surface area contributed by atoms with E-state index in [1.54, 1.807) is 6.33 Å². The van der Waals surface area contributed by atoms with Crippen molar-refractivity contribution < 1.29 is 0 Å². The number of aromatic nitrogens is 3. The predicted molar refractivity (Wildman–Crippen MR) is 267 cm³/mol. The minimum Gasteiger partial charge on any atom is -0.310 e. The Morgan fingerprint density at radius 1 is 0.200 bits per heavy atom. The van der Waals surface area contributed by atoms with Crippen molar-refractivity contribution >= 4 is 85.8 Å². The molecule has 0 radical (unpaired) electrons. The van der Waals surface area contributed by atoms with Crippen LogP contribution in [0.1, 0.15) is 0 Å². The maximum Gasteiger partial charge on any atom is 0.239 e. The normalized spacial score (nSPS) is 12.5. The zero-order valence-electron chi connectivity index (χ0n) is 35.3. The van der Waals surface area contributed by atoms with Gasteiger partial charge in [-0.25, -0.2) is 9.97 Å². The van der Waals surface area contributed by atoms with Crippen molar-refractivity contribution in [1.82, 2.24) is 15.0 Å². The Balaban J connectivity index is 1.21. The Morgan fingerprint density at radius 2 is 0.400 bits per heavy atom. The highest BCUT2D eigenvalue weighted by atomic mass is 15.3. The van der Waals surface area contributed by atoms with Crippen LogP contribution in [0.25, 0.3) is 0 Å². The lowest BCUT2D eigenvalue weighted by Crippen LogP contribution is -2.19. The molecule has 10 aromatic rings. The van der Waals surface area contributed by atoms with Gasteiger partial charge in [0.2, 0.25) is 11.9 Å². The van der Waals surface area contributed by atoms with Gasteiger partial charge in [-0.3, -0.25) is 9.80 Å². The Bertz CT molecular complexity index is 2590. The number of rotatable bonds is 5. The van der Waals surface area contributed by atoms with E-state index < -0.39 is 0 Å². The molecule has 10 bridgehead atoms. The van der Waals surface area contributed by atoms with Gasteiger partial charge in [0.25, 0.3) is 0 Å². The fourth-order valence-electron chi connectivity index (χ4n) is 8.57. The van der Waals surface area contributed by atoms with Gasteiger partial charge in [-0.1, -0.05) is 115 Å². The summed E-state index contributed by atoms with van der Waals surface area (Å²) in [6, 6.07) is 86.7. The lowest BCUT2D eigenvalue weighted by atomic mass is 10.1. The van der Waals surface area contributed by atoms with E-state index >= 15 is 0 Å². The highest BCUT2D eigenvalue weighted by Crippen LogP contribution is 2.45. The van der Waals surface area contributed by atoms with Crippen LogP contribution in [0.5, 0.6) is 0 Å². The van der Waals surface area contributed by atoms with Crippen LogP contribution in [-0.2, 0) is 0 Å². The van der Waals surface area contributed by atoms with Crippen molar-refractivity contribution in [2.24, 2.45) is 0 Å². The summed E-state index contributed by atoms with van der Waals surface area (Å²) in [7, 11) is 0. The molecule has 310 valence electrons. The number of anilines is 15. The first-order chi connectivity index (χ1) is 32.2. The van der Waals surface area contributed by atoms with Crippen LogP contribution in [0.4, 0.5) is 85.8 Å². The molecule has 0 aliphatic carbocycles. The summed E-state index contributed by atoms with van der Waals surface area (Å²) in [4.78, 5) is 26.2. The molecule has 0 N–H and O–H groups in total. The highest BCUT2D eigenvalue weighted by Gasteiger charge is 2.25. The summed E-state index contributed by atoms with van der Waals surface area (Å²) >= 11 is 0. The number of nitrogens with zero attached hydrogens (tertiary/aromatic N) is 8. The topological polar surface area (TPSA) is 54.9 Å². The van der Waals surface area contributed by atoms with E-state index in [0.717, 1.165) is 73.9 Å². The maximum atomic E-state index is 5.31. The molecule has 0 atom stereocenters. The molecular weight excluding hydrogens is 797 g/mol. The predicted octanol–water partition coefficient (Wildman–Crippen LogP) is 15.5. The molecule has 0 unspecified atom stereocenters. The summed E-state index contributed by atoms with van der Waals surface area (Å²) in [6.45, 7) is 0. The van der Waals surface area contributed by atoms with Gasteiger partial charge in [0, 0.05) is 62.6 Å². The van der Waals surface area contributed by atoms with Crippen LogP contribution in [0.15, 0.2) is 255 Å². The van der Waals surface area contributed by atoms with Crippen molar-refractivity contribution in [3.05, 3.63) is 255 Å². The first kappa shape index (κ1) is 38.9. The second-order valence-electron chi connectivity index (χ2n) is 15.5. The summed E-state index contributed by atoms with van der Waals surface area (Å²) in [6.07, 6.45) is 1.60. The summed E-state index contributed by atoms with van der Waals surface area (Å²) in [5.74, 6) is 0.943. The number of benzene rings is 9. The Morgan fingerprint density at radius 3 is 0.646 bits per heavy atom. The van der Waals surface area contributed by atoms with Crippen LogP contribution in [0.3, 0.4) is 0 Å². The average Bonchev–Trinajstić information content (AvgIpc) is 3.37. The van der Waals surface area contributed by atoms with Crippen molar-refractivity contribution in [1.29, 1.82) is 0 Å². The van der Waals surface area contributed by atoms with Gasteiger partial charge >= 0.3 is 0 Å². The van der Waals surface area contributed by atoms with Gasteiger partial charge < -0.3 is 14.7 Å². The van der Waals surface area contributed by atoms with Gasteiger partial charge in [0.05, 0.1) is 11.4 Å². The first-order valence-corrected chi connectivity index (χ1v) is 21.6. The van der Waals surface area contributed by atoms with Gasteiger partial charge in [-0.2, -0.15) is 4.98 Å². The molecule has 2 heterocycles. The van der Waals surface area contributed by atoms with E-state index in [9.17, 15) is 0 Å². The molecule has 0 amide bonds. The zero-order valence-corrected chi connectivity index (χ0v) is 35.3. The van der Waals surface area contributed by atoms with Crippen LogP contribution in [0, 0.1) is 0 Å². The van der Waals surface area contributed by atoms with E-state index in [-0.39, 0.29) is 0 Å². The molecule has 11 rings (SSSR count). The van der Waals surface area contributed by atoms with Crippen molar-refractivity contribution in [3.63, 3.8) is 0 Å². The van der Waals surface area contributed by atoms with E-state index in [1.807, 2.05) is 36.4 Å². The lowest BCUT2D eigenvalue weighted by molar-refractivity contribution is 0.981. The molecular formula is C57H42N8. The van der Waals surface area contributed by atoms with Gasteiger partial charge in [-0.15, -0.1) is 0 Å². The fourth-order valence-corrected chi connectivity index (χ4v) is 8.57. The first-order valence-electron chi connectivity index (χ1n) is 21.6. The lowest BCUT2D eigenvalue weighted by Gasteiger charge is -2.32. The molecule has 8 nitrogen and oxygen atoms in total. The second kappa shape index (κ2) is 17.4. The number of hydrogen-bond donors (Lipinski definition) is 0. The number of hydrogen-bond acceptors (Lipinski definition) is 8. The van der Waals surface area contributed by atoms with Crippen LogP contribution >= 0.6 is 0 Å². The smallest absolute Gasteiger partial charge is 0.239 e. The molecule has 9 aromatic carbocycles. The van der Waals surface area contributed by atoms with Gasteiger partial charge in [0.15, 0.2) is 0 Å². The van der Waals surface area contributed by atoms with E-state index in [2.05, 4.69) is 237 Å². The van der Waals surface area contributed by atoms with Crippen molar-refractivity contribution in [2.45, 2.75) is 0 Å². The number of para-hydroxylation sites is 5. The molecule has 65 heavy (non-hydrogen) atoms. The van der Waals surface area contributed by atoms with E-state index in [0.29, 0.717) is 11.9 Å². The quantitative estimate of drug-likeness (QED) is 0.170. The minimum atomic E-state index is 0.472.